The Kier molecular flexibility index (Phi) is 2.79. The lowest BCUT2D eigenvalue weighted by atomic mass is 10.1. The Hall–Kier alpha value is -0.540. The summed E-state index contributed by atoms with van der Waals surface area (Å²) in [4.78, 5) is 2.30. The van der Waals surface area contributed by atoms with Crippen molar-refractivity contribution < 1.29 is 0 Å². The molecule has 0 aliphatic carbocycles. The monoisotopic (exact) mass is 254 g/mol. The van der Waals surface area contributed by atoms with Crippen LogP contribution in [0.5, 0.6) is 0 Å². The Balaban J connectivity index is 2.48. The van der Waals surface area contributed by atoms with Gasteiger partial charge in [-0.15, -0.1) is 0 Å². The zero-order chi connectivity index (χ0) is 10.1. The Bertz CT molecular complexity index is 338. The molecule has 1 N–H and O–H groups in total. The molecule has 1 unspecified atom stereocenters. The van der Waals surface area contributed by atoms with Crippen LogP contribution in [-0.4, -0.2) is 20.1 Å². The minimum atomic E-state index is 0.437. The van der Waals surface area contributed by atoms with Gasteiger partial charge in [-0.2, -0.15) is 0 Å². The van der Waals surface area contributed by atoms with Crippen molar-refractivity contribution in [1.82, 2.24) is 5.32 Å². The van der Waals surface area contributed by atoms with Crippen LogP contribution in [0.2, 0.25) is 0 Å². The third kappa shape index (κ3) is 1.79. The number of likely N-dealkylation sites (N-methyl/N-ethyl adjacent to an activating group) is 1. The lowest BCUT2D eigenvalue weighted by Crippen LogP contribution is -2.25. The second-order valence-corrected chi connectivity index (χ2v) is 4.72. The predicted octanol–water partition coefficient (Wildman–Crippen LogP) is 2.55. The van der Waals surface area contributed by atoms with E-state index in [2.05, 4.69) is 58.3 Å². The highest BCUT2D eigenvalue weighted by molar-refractivity contribution is 9.10. The maximum atomic E-state index is 3.52. The summed E-state index contributed by atoms with van der Waals surface area (Å²) in [5, 5.41) is 3.50. The number of anilines is 1. The number of nitrogens with zero attached hydrogens (tertiary/aromatic N) is 1. The van der Waals surface area contributed by atoms with Crippen LogP contribution in [0.3, 0.4) is 0 Å². The standard InChI is InChI=1S/C11H15BrN2/c1-8-10-7-9(12)3-4-11(10)14(2)6-5-13-8/h3-4,7-8,13H,5-6H2,1-2H3. The van der Waals surface area contributed by atoms with Crippen molar-refractivity contribution in [2.45, 2.75) is 13.0 Å². The van der Waals surface area contributed by atoms with E-state index in [0.29, 0.717) is 6.04 Å². The third-order valence-corrected chi connectivity index (χ3v) is 3.26. The zero-order valence-electron chi connectivity index (χ0n) is 8.55. The Labute approximate surface area is 93.4 Å². The fraction of sp³-hybridized carbons (Fsp3) is 0.455. The molecule has 1 aliphatic rings. The van der Waals surface area contributed by atoms with Crippen LogP contribution in [0, 0.1) is 0 Å². The molecule has 1 aromatic carbocycles. The smallest absolute Gasteiger partial charge is 0.0413 e. The highest BCUT2D eigenvalue weighted by atomic mass is 79.9. The van der Waals surface area contributed by atoms with E-state index in [9.17, 15) is 0 Å². The summed E-state index contributed by atoms with van der Waals surface area (Å²) < 4.78 is 1.15. The van der Waals surface area contributed by atoms with E-state index in [1.807, 2.05) is 0 Å². The van der Waals surface area contributed by atoms with Gasteiger partial charge in [-0.3, -0.25) is 0 Å². The first-order valence-electron chi connectivity index (χ1n) is 4.92. The molecule has 0 amide bonds. The molecular formula is C11H15BrN2. The first kappa shape index (κ1) is 9.99. The summed E-state index contributed by atoms with van der Waals surface area (Å²) in [6, 6.07) is 6.93. The van der Waals surface area contributed by atoms with Crippen LogP contribution in [0.15, 0.2) is 22.7 Å². The van der Waals surface area contributed by atoms with Crippen molar-refractivity contribution in [2.24, 2.45) is 0 Å². The average Bonchev–Trinajstić information content (AvgIpc) is 2.28. The molecule has 1 aromatic rings. The molecule has 1 aliphatic heterocycles. The van der Waals surface area contributed by atoms with Gasteiger partial charge in [0.2, 0.25) is 0 Å². The summed E-state index contributed by atoms with van der Waals surface area (Å²) in [6.45, 7) is 4.33. The molecular weight excluding hydrogens is 240 g/mol. The Morgan fingerprint density at radius 1 is 1.50 bits per heavy atom. The van der Waals surface area contributed by atoms with Crippen LogP contribution >= 0.6 is 15.9 Å². The van der Waals surface area contributed by atoms with Gasteiger partial charge in [-0.05, 0) is 30.7 Å². The van der Waals surface area contributed by atoms with Gasteiger partial charge in [0.1, 0.15) is 0 Å². The molecule has 2 rings (SSSR count). The number of fused-ring (bicyclic) bond motifs is 1. The minimum absolute atomic E-state index is 0.437. The van der Waals surface area contributed by atoms with Crippen LogP contribution in [0.1, 0.15) is 18.5 Å². The number of hydrogen-bond donors (Lipinski definition) is 1. The van der Waals surface area contributed by atoms with Crippen LogP contribution in [0.25, 0.3) is 0 Å². The van der Waals surface area contributed by atoms with E-state index in [1.54, 1.807) is 0 Å². The largest absolute Gasteiger partial charge is 0.373 e. The van der Waals surface area contributed by atoms with Crippen molar-refractivity contribution in [3.8, 4) is 0 Å². The average molecular weight is 255 g/mol. The molecule has 2 nitrogen and oxygen atoms in total. The van der Waals surface area contributed by atoms with E-state index in [1.165, 1.54) is 11.3 Å². The highest BCUT2D eigenvalue weighted by Crippen LogP contribution is 2.30. The molecule has 0 spiro atoms. The van der Waals surface area contributed by atoms with Crippen molar-refractivity contribution in [3.05, 3.63) is 28.2 Å². The second-order valence-electron chi connectivity index (χ2n) is 3.80. The van der Waals surface area contributed by atoms with E-state index >= 15 is 0 Å². The molecule has 1 heterocycles. The Morgan fingerprint density at radius 3 is 3.07 bits per heavy atom. The lowest BCUT2D eigenvalue weighted by Gasteiger charge is -2.19. The first-order chi connectivity index (χ1) is 6.68. The van der Waals surface area contributed by atoms with Crippen LogP contribution < -0.4 is 10.2 Å². The number of nitrogens with one attached hydrogen (secondary N) is 1. The summed E-state index contributed by atoms with van der Waals surface area (Å²) >= 11 is 3.52. The zero-order valence-corrected chi connectivity index (χ0v) is 10.1. The summed E-state index contributed by atoms with van der Waals surface area (Å²) in [5.41, 5.74) is 2.71. The van der Waals surface area contributed by atoms with Crippen LogP contribution in [0.4, 0.5) is 5.69 Å². The summed E-state index contributed by atoms with van der Waals surface area (Å²) in [6.07, 6.45) is 0. The SMILES string of the molecule is CC1NCCN(C)c2ccc(Br)cc21. The summed E-state index contributed by atoms with van der Waals surface area (Å²) in [7, 11) is 2.15. The fourth-order valence-electron chi connectivity index (χ4n) is 1.90. The quantitative estimate of drug-likeness (QED) is 0.766. The number of hydrogen-bond acceptors (Lipinski definition) is 2. The molecule has 3 heteroatoms. The molecule has 0 saturated carbocycles. The van der Waals surface area contributed by atoms with Gasteiger partial charge in [-0.25, -0.2) is 0 Å². The van der Waals surface area contributed by atoms with Crippen molar-refractivity contribution in [3.63, 3.8) is 0 Å². The molecule has 0 fully saturated rings. The normalized spacial score (nSPS) is 21.6. The lowest BCUT2D eigenvalue weighted by molar-refractivity contribution is 0.596. The Morgan fingerprint density at radius 2 is 2.29 bits per heavy atom. The van der Waals surface area contributed by atoms with Gasteiger partial charge >= 0.3 is 0 Å². The van der Waals surface area contributed by atoms with E-state index in [0.717, 1.165) is 17.6 Å². The molecule has 76 valence electrons. The van der Waals surface area contributed by atoms with Gasteiger partial charge in [0.05, 0.1) is 0 Å². The molecule has 1 atom stereocenters. The first-order valence-corrected chi connectivity index (χ1v) is 5.72. The van der Waals surface area contributed by atoms with Gasteiger partial charge in [0.15, 0.2) is 0 Å². The molecule has 0 radical (unpaired) electrons. The highest BCUT2D eigenvalue weighted by Gasteiger charge is 2.16. The molecule has 14 heavy (non-hydrogen) atoms. The second kappa shape index (κ2) is 3.91. The number of benzene rings is 1. The predicted molar refractivity (Wildman–Crippen MR) is 63.8 cm³/mol. The summed E-state index contributed by atoms with van der Waals surface area (Å²) in [5.74, 6) is 0. The fourth-order valence-corrected chi connectivity index (χ4v) is 2.28. The van der Waals surface area contributed by atoms with E-state index < -0.39 is 0 Å². The maximum Gasteiger partial charge on any atom is 0.0413 e. The molecule has 0 saturated heterocycles. The third-order valence-electron chi connectivity index (χ3n) is 2.77. The molecule has 0 bridgehead atoms. The van der Waals surface area contributed by atoms with Crippen molar-refractivity contribution >= 4 is 21.6 Å². The van der Waals surface area contributed by atoms with E-state index in [-0.39, 0.29) is 0 Å². The van der Waals surface area contributed by atoms with Crippen molar-refractivity contribution in [1.29, 1.82) is 0 Å². The van der Waals surface area contributed by atoms with E-state index in [4.69, 9.17) is 0 Å². The topological polar surface area (TPSA) is 15.3 Å². The van der Waals surface area contributed by atoms with Crippen LogP contribution in [-0.2, 0) is 0 Å². The maximum absolute atomic E-state index is 3.52. The van der Waals surface area contributed by atoms with Crippen molar-refractivity contribution in [2.75, 3.05) is 25.0 Å². The number of halogens is 1. The van der Waals surface area contributed by atoms with Gasteiger partial charge in [0, 0.05) is 36.3 Å². The van der Waals surface area contributed by atoms with Gasteiger partial charge < -0.3 is 10.2 Å². The number of rotatable bonds is 0. The molecule has 0 aromatic heterocycles. The van der Waals surface area contributed by atoms with Gasteiger partial charge in [0.25, 0.3) is 0 Å². The van der Waals surface area contributed by atoms with Gasteiger partial charge in [-0.1, -0.05) is 15.9 Å². The minimum Gasteiger partial charge on any atom is -0.373 e.